The largest absolute Gasteiger partial charge is 0.493 e. The molecule has 6 nitrogen and oxygen atoms in total. The summed E-state index contributed by atoms with van der Waals surface area (Å²) in [7, 11) is 3.18. The number of methoxy groups -OCH3 is 2. The van der Waals surface area contributed by atoms with E-state index in [1.165, 1.54) is 0 Å². The van der Waals surface area contributed by atoms with Gasteiger partial charge in [-0.25, -0.2) is 0 Å². The number of carbonyl (C=O) groups is 1. The fourth-order valence-corrected chi connectivity index (χ4v) is 2.54. The fraction of sp³-hybridized carbons (Fsp3) is 0.222. The average Bonchev–Trinajstić information content (AvgIpc) is 3.02. The SMILES string of the molecule is COc1ccc(CNC(=O)Cn2ncc3ccccc32)cc1OC. The summed E-state index contributed by atoms with van der Waals surface area (Å²) in [6, 6.07) is 13.4. The molecule has 0 spiro atoms. The molecule has 0 radical (unpaired) electrons. The van der Waals surface area contributed by atoms with Crippen molar-refractivity contribution in [2.75, 3.05) is 14.2 Å². The Morgan fingerprint density at radius 1 is 1.12 bits per heavy atom. The van der Waals surface area contributed by atoms with Crippen LogP contribution in [0.25, 0.3) is 10.9 Å². The van der Waals surface area contributed by atoms with Gasteiger partial charge in [0.05, 0.1) is 25.9 Å². The van der Waals surface area contributed by atoms with Crippen molar-refractivity contribution in [3.8, 4) is 11.5 Å². The fourth-order valence-electron chi connectivity index (χ4n) is 2.54. The number of fused-ring (bicyclic) bond motifs is 1. The number of nitrogens with zero attached hydrogens (tertiary/aromatic N) is 2. The Balaban J connectivity index is 1.63. The van der Waals surface area contributed by atoms with Crippen LogP contribution >= 0.6 is 0 Å². The van der Waals surface area contributed by atoms with E-state index in [0.717, 1.165) is 16.5 Å². The van der Waals surface area contributed by atoms with E-state index in [4.69, 9.17) is 9.47 Å². The first-order chi connectivity index (χ1) is 11.7. The number of hydrogen-bond acceptors (Lipinski definition) is 4. The van der Waals surface area contributed by atoms with Gasteiger partial charge in [0.2, 0.25) is 5.91 Å². The summed E-state index contributed by atoms with van der Waals surface area (Å²) in [5, 5.41) is 8.17. The minimum atomic E-state index is -0.0985. The molecule has 0 saturated heterocycles. The van der Waals surface area contributed by atoms with E-state index in [-0.39, 0.29) is 12.5 Å². The number of amides is 1. The lowest BCUT2D eigenvalue weighted by Gasteiger charge is -2.10. The third-order valence-corrected chi connectivity index (χ3v) is 3.78. The summed E-state index contributed by atoms with van der Waals surface area (Å²) in [4.78, 5) is 12.2. The maximum Gasteiger partial charge on any atom is 0.242 e. The Morgan fingerprint density at radius 3 is 2.71 bits per heavy atom. The van der Waals surface area contributed by atoms with Gasteiger partial charge in [0.1, 0.15) is 6.54 Å². The molecule has 124 valence electrons. The molecular weight excluding hydrogens is 306 g/mol. The van der Waals surface area contributed by atoms with E-state index >= 15 is 0 Å². The van der Waals surface area contributed by atoms with E-state index in [2.05, 4.69) is 10.4 Å². The van der Waals surface area contributed by atoms with E-state index in [1.807, 2.05) is 42.5 Å². The molecule has 3 aromatic rings. The summed E-state index contributed by atoms with van der Waals surface area (Å²) in [6.45, 7) is 0.596. The van der Waals surface area contributed by atoms with Crippen LogP contribution in [0.1, 0.15) is 5.56 Å². The lowest BCUT2D eigenvalue weighted by molar-refractivity contribution is -0.121. The maximum absolute atomic E-state index is 12.2. The number of hydrogen-bond donors (Lipinski definition) is 1. The van der Waals surface area contributed by atoms with Gasteiger partial charge >= 0.3 is 0 Å². The summed E-state index contributed by atoms with van der Waals surface area (Å²) in [5.41, 5.74) is 1.88. The molecule has 0 fully saturated rings. The third kappa shape index (κ3) is 3.32. The standard InChI is InChI=1S/C18H19N3O3/c1-23-16-8-7-13(9-17(16)24-2)10-19-18(22)12-21-15-6-4-3-5-14(15)11-20-21/h3-9,11H,10,12H2,1-2H3,(H,19,22). The number of rotatable bonds is 6. The van der Waals surface area contributed by atoms with Gasteiger partial charge in [0.25, 0.3) is 0 Å². The normalized spacial score (nSPS) is 10.6. The number of benzene rings is 2. The molecule has 1 N–H and O–H groups in total. The van der Waals surface area contributed by atoms with E-state index in [9.17, 15) is 4.79 Å². The Labute approximate surface area is 140 Å². The number of carbonyl (C=O) groups excluding carboxylic acids is 1. The summed E-state index contributed by atoms with van der Waals surface area (Å²) < 4.78 is 12.2. The zero-order valence-electron chi connectivity index (χ0n) is 13.7. The predicted octanol–water partition coefficient (Wildman–Crippen LogP) is 2.37. The van der Waals surface area contributed by atoms with Gasteiger partial charge in [0.15, 0.2) is 11.5 Å². The number of nitrogens with one attached hydrogen (secondary N) is 1. The minimum Gasteiger partial charge on any atom is -0.493 e. The molecule has 0 atom stereocenters. The quantitative estimate of drug-likeness (QED) is 0.756. The summed E-state index contributed by atoms with van der Waals surface area (Å²) in [5.74, 6) is 1.21. The van der Waals surface area contributed by atoms with Crippen molar-refractivity contribution in [2.24, 2.45) is 0 Å². The highest BCUT2D eigenvalue weighted by molar-refractivity contribution is 5.81. The van der Waals surface area contributed by atoms with E-state index in [1.54, 1.807) is 25.1 Å². The second-order valence-corrected chi connectivity index (χ2v) is 5.33. The van der Waals surface area contributed by atoms with Gasteiger partial charge in [0, 0.05) is 11.9 Å². The molecule has 24 heavy (non-hydrogen) atoms. The summed E-state index contributed by atoms with van der Waals surface area (Å²) in [6.07, 6.45) is 1.76. The molecule has 1 heterocycles. The van der Waals surface area contributed by atoms with E-state index in [0.29, 0.717) is 18.0 Å². The van der Waals surface area contributed by atoms with Crippen molar-refractivity contribution in [1.29, 1.82) is 0 Å². The molecule has 2 aromatic carbocycles. The Bertz CT molecular complexity index is 858. The Kier molecular flexibility index (Phi) is 4.65. The van der Waals surface area contributed by atoms with Gasteiger partial charge in [-0.2, -0.15) is 5.10 Å². The first-order valence-corrected chi connectivity index (χ1v) is 7.59. The highest BCUT2D eigenvalue weighted by Crippen LogP contribution is 2.27. The molecule has 1 amide bonds. The lowest BCUT2D eigenvalue weighted by atomic mass is 10.2. The first-order valence-electron chi connectivity index (χ1n) is 7.59. The zero-order chi connectivity index (χ0) is 16.9. The van der Waals surface area contributed by atoms with Crippen molar-refractivity contribution in [3.05, 3.63) is 54.2 Å². The van der Waals surface area contributed by atoms with Crippen molar-refractivity contribution >= 4 is 16.8 Å². The van der Waals surface area contributed by atoms with Gasteiger partial charge in [-0.15, -0.1) is 0 Å². The Hall–Kier alpha value is -3.02. The molecule has 0 unspecified atom stereocenters. The minimum absolute atomic E-state index is 0.0985. The number of aromatic nitrogens is 2. The topological polar surface area (TPSA) is 65.4 Å². The van der Waals surface area contributed by atoms with Crippen LogP contribution in [0.2, 0.25) is 0 Å². The number of ether oxygens (including phenoxy) is 2. The van der Waals surface area contributed by atoms with Gasteiger partial charge in [-0.1, -0.05) is 24.3 Å². The van der Waals surface area contributed by atoms with Crippen molar-refractivity contribution in [3.63, 3.8) is 0 Å². The lowest BCUT2D eigenvalue weighted by Crippen LogP contribution is -2.27. The number of para-hydroxylation sites is 1. The predicted molar refractivity (Wildman–Crippen MR) is 91.1 cm³/mol. The third-order valence-electron chi connectivity index (χ3n) is 3.78. The zero-order valence-corrected chi connectivity index (χ0v) is 13.7. The van der Waals surface area contributed by atoms with Crippen LogP contribution in [-0.4, -0.2) is 29.9 Å². The van der Waals surface area contributed by atoms with Crippen LogP contribution < -0.4 is 14.8 Å². The van der Waals surface area contributed by atoms with Gasteiger partial charge in [-0.05, 0) is 23.8 Å². The van der Waals surface area contributed by atoms with Crippen molar-refractivity contribution in [2.45, 2.75) is 13.1 Å². The molecule has 3 rings (SSSR count). The second-order valence-electron chi connectivity index (χ2n) is 5.33. The highest BCUT2D eigenvalue weighted by atomic mass is 16.5. The van der Waals surface area contributed by atoms with Crippen LogP contribution in [0.4, 0.5) is 0 Å². The Morgan fingerprint density at radius 2 is 1.92 bits per heavy atom. The van der Waals surface area contributed by atoms with Gasteiger partial charge in [-0.3, -0.25) is 9.48 Å². The van der Waals surface area contributed by atoms with Crippen molar-refractivity contribution in [1.82, 2.24) is 15.1 Å². The van der Waals surface area contributed by atoms with Crippen LogP contribution in [0.15, 0.2) is 48.7 Å². The average molecular weight is 325 g/mol. The van der Waals surface area contributed by atoms with Crippen LogP contribution in [0.3, 0.4) is 0 Å². The van der Waals surface area contributed by atoms with Crippen LogP contribution in [0, 0.1) is 0 Å². The molecule has 1 aromatic heterocycles. The monoisotopic (exact) mass is 325 g/mol. The highest BCUT2D eigenvalue weighted by Gasteiger charge is 2.09. The molecule has 6 heteroatoms. The molecule has 0 aliphatic rings. The molecule has 0 aliphatic carbocycles. The first kappa shape index (κ1) is 15.9. The molecule has 0 bridgehead atoms. The van der Waals surface area contributed by atoms with Gasteiger partial charge < -0.3 is 14.8 Å². The maximum atomic E-state index is 12.2. The summed E-state index contributed by atoms with van der Waals surface area (Å²) >= 11 is 0. The van der Waals surface area contributed by atoms with Crippen molar-refractivity contribution < 1.29 is 14.3 Å². The van der Waals surface area contributed by atoms with Crippen LogP contribution in [0.5, 0.6) is 11.5 Å². The second kappa shape index (κ2) is 7.04. The molecule has 0 aliphatic heterocycles. The smallest absolute Gasteiger partial charge is 0.242 e. The van der Waals surface area contributed by atoms with E-state index < -0.39 is 0 Å². The molecular formula is C18H19N3O3. The van der Waals surface area contributed by atoms with Crippen LogP contribution in [-0.2, 0) is 17.9 Å². The molecule has 0 saturated carbocycles.